The zero-order valence-corrected chi connectivity index (χ0v) is 16.4. The van der Waals surface area contributed by atoms with Crippen LogP contribution in [-0.4, -0.2) is 17.4 Å². The molecule has 1 aliphatic carbocycles. The molecule has 1 N–H and O–H groups in total. The molecule has 4 rings (SSSR count). The maximum atomic E-state index is 12.5. The summed E-state index contributed by atoms with van der Waals surface area (Å²) < 4.78 is 0. The molecule has 138 valence electrons. The van der Waals surface area contributed by atoms with Crippen LogP contribution in [0.3, 0.4) is 0 Å². The van der Waals surface area contributed by atoms with Gasteiger partial charge in [-0.1, -0.05) is 35.3 Å². The Morgan fingerprint density at radius 1 is 1.04 bits per heavy atom. The first-order chi connectivity index (χ1) is 13.1. The summed E-state index contributed by atoms with van der Waals surface area (Å²) in [7, 11) is 0. The number of aromatic nitrogens is 1. The van der Waals surface area contributed by atoms with E-state index in [4.69, 9.17) is 28.2 Å². The number of carbonyl (C=O) groups is 1. The van der Waals surface area contributed by atoms with E-state index in [1.165, 1.54) is 0 Å². The highest BCUT2D eigenvalue weighted by molar-refractivity contribution is 6.36. The Morgan fingerprint density at radius 3 is 2.63 bits per heavy atom. The van der Waals surface area contributed by atoms with Crippen molar-refractivity contribution in [1.82, 2.24) is 10.3 Å². The van der Waals surface area contributed by atoms with Crippen LogP contribution in [-0.2, 0) is 19.3 Å². The SMILES string of the molecule is O=C(NCCc1ccc(Cl)cc1)c1ccc2nc3c(c(Cl)c2c1)CCCC3. The van der Waals surface area contributed by atoms with Gasteiger partial charge in [0, 0.05) is 28.2 Å². The minimum Gasteiger partial charge on any atom is -0.352 e. The van der Waals surface area contributed by atoms with Crippen molar-refractivity contribution in [2.75, 3.05) is 6.54 Å². The van der Waals surface area contributed by atoms with Crippen LogP contribution in [0.15, 0.2) is 42.5 Å². The molecule has 3 aromatic rings. The van der Waals surface area contributed by atoms with Crippen molar-refractivity contribution in [3.05, 3.63) is 74.9 Å². The van der Waals surface area contributed by atoms with E-state index in [1.807, 2.05) is 42.5 Å². The molecule has 27 heavy (non-hydrogen) atoms. The topological polar surface area (TPSA) is 42.0 Å². The zero-order valence-electron chi connectivity index (χ0n) is 14.9. The van der Waals surface area contributed by atoms with Crippen LogP contribution in [0.4, 0.5) is 0 Å². The Balaban J connectivity index is 1.50. The van der Waals surface area contributed by atoms with Crippen molar-refractivity contribution in [1.29, 1.82) is 0 Å². The van der Waals surface area contributed by atoms with E-state index in [2.05, 4.69) is 5.32 Å². The van der Waals surface area contributed by atoms with Crippen LogP contribution in [0.25, 0.3) is 10.9 Å². The molecular weight excluding hydrogens is 379 g/mol. The molecule has 0 fully saturated rings. The quantitative estimate of drug-likeness (QED) is 0.639. The minimum absolute atomic E-state index is 0.0975. The molecule has 0 unspecified atom stereocenters. The van der Waals surface area contributed by atoms with Gasteiger partial charge in [-0.2, -0.15) is 0 Å². The van der Waals surface area contributed by atoms with Gasteiger partial charge in [-0.05, 0) is 73.6 Å². The molecule has 0 spiro atoms. The van der Waals surface area contributed by atoms with Gasteiger partial charge in [0.25, 0.3) is 5.91 Å². The highest BCUT2D eigenvalue weighted by atomic mass is 35.5. The standard InChI is InChI=1S/C22H20Cl2N2O/c23-16-8-5-14(6-9-16)11-12-25-22(27)15-7-10-20-18(13-15)21(24)17-3-1-2-4-19(17)26-20/h5-10,13H,1-4,11-12H2,(H,25,27). The number of hydrogen-bond donors (Lipinski definition) is 1. The number of pyridine rings is 1. The Labute approximate surface area is 168 Å². The summed E-state index contributed by atoms with van der Waals surface area (Å²) in [5.74, 6) is -0.0975. The lowest BCUT2D eigenvalue weighted by Crippen LogP contribution is -2.25. The first kappa shape index (κ1) is 18.3. The van der Waals surface area contributed by atoms with Crippen LogP contribution >= 0.6 is 23.2 Å². The fourth-order valence-corrected chi connectivity index (χ4v) is 4.06. The Hall–Kier alpha value is -2.10. The summed E-state index contributed by atoms with van der Waals surface area (Å²) in [6.45, 7) is 0.564. The third-order valence-corrected chi connectivity index (χ3v) is 5.75. The monoisotopic (exact) mass is 398 g/mol. The highest BCUT2D eigenvalue weighted by Crippen LogP contribution is 2.33. The molecule has 0 saturated heterocycles. The van der Waals surface area contributed by atoms with Gasteiger partial charge in [0.1, 0.15) is 0 Å². The first-order valence-corrected chi connectivity index (χ1v) is 10.0. The summed E-state index contributed by atoms with van der Waals surface area (Å²) in [5, 5.41) is 5.31. The number of rotatable bonds is 4. The Morgan fingerprint density at radius 2 is 1.81 bits per heavy atom. The molecule has 1 aliphatic rings. The van der Waals surface area contributed by atoms with Gasteiger partial charge >= 0.3 is 0 Å². The number of halogens is 2. The lowest BCUT2D eigenvalue weighted by molar-refractivity contribution is 0.0954. The summed E-state index contributed by atoms with van der Waals surface area (Å²) in [4.78, 5) is 17.3. The van der Waals surface area contributed by atoms with E-state index >= 15 is 0 Å². The molecule has 5 heteroatoms. The van der Waals surface area contributed by atoms with Gasteiger partial charge in [0.2, 0.25) is 0 Å². The number of nitrogens with zero attached hydrogens (tertiary/aromatic N) is 1. The second kappa shape index (κ2) is 7.87. The maximum Gasteiger partial charge on any atom is 0.251 e. The molecule has 3 nitrogen and oxygen atoms in total. The van der Waals surface area contributed by atoms with Gasteiger partial charge < -0.3 is 5.32 Å². The average molecular weight is 399 g/mol. The number of carbonyl (C=O) groups excluding carboxylic acids is 1. The Kier molecular flexibility index (Phi) is 5.33. The minimum atomic E-state index is -0.0975. The molecule has 0 aliphatic heterocycles. The predicted molar refractivity (Wildman–Crippen MR) is 111 cm³/mol. The normalized spacial score (nSPS) is 13.4. The van der Waals surface area contributed by atoms with Crippen LogP contribution in [0.5, 0.6) is 0 Å². The number of aryl methyl sites for hydroxylation is 1. The van der Waals surface area contributed by atoms with Crippen LogP contribution in [0.1, 0.15) is 40.0 Å². The number of amides is 1. The summed E-state index contributed by atoms with van der Waals surface area (Å²) in [6.07, 6.45) is 5.01. The van der Waals surface area contributed by atoms with Crippen LogP contribution in [0, 0.1) is 0 Å². The summed E-state index contributed by atoms with van der Waals surface area (Å²) >= 11 is 12.5. The van der Waals surface area contributed by atoms with E-state index in [-0.39, 0.29) is 5.91 Å². The van der Waals surface area contributed by atoms with E-state index in [0.717, 1.165) is 64.9 Å². The second-order valence-corrected chi connectivity index (χ2v) is 7.74. The number of fused-ring (bicyclic) bond motifs is 2. The lowest BCUT2D eigenvalue weighted by Gasteiger charge is -2.18. The molecule has 2 aromatic carbocycles. The van der Waals surface area contributed by atoms with Gasteiger partial charge in [0.15, 0.2) is 0 Å². The van der Waals surface area contributed by atoms with Crippen molar-refractivity contribution in [3.8, 4) is 0 Å². The fraction of sp³-hybridized carbons (Fsp3) is 0.273. The molecule has 1 amide bonds. The zero-order chi connectivity index (χ0) is 18.8. The van der Waals surface area contributed by atoms with Crippen LogP contribution in [0.2, 0.25) is 10.0 Å². The van der Waals surface area contributed by atoms with Crippen molar-refractivity contribution < 1.29 is 4.79 Å². The molecule has 0 saturated carbocycles. The lowest BCUT2D eigenvalue weighted by atomic mass is 9.94. The van der Waals surface area contributed by atoms with Gasteiger partial charge in [-0.25, -0.2) is 0 Å². The predicted octanol–water partition coefficient (Wildman–Crippen LogP) is 5.39. The second-order valence-electron chi connectivity index (χ2n) is 6.92. The highest BCUT2D eigenvalue weighted by Gasteiger charge is 2.18. The molecular formula is C22H20Cl2N2O. The molecule has 0 radical (unpaired) electrons. The van der Waals surface area contributed by atoms with Crippen molar-refractivity contribution in [3.63, 3.8) is 0 Å². The van der Waals surface area contributed by atoms with Crippen molar-refractivity contribution in [2.45, 2.75) is 32.1 Å². The van der Waals surface area contributed by atoms with E-state index in [9.17, 15) is 4.79 Å². The van der Waals surface area contributed by atoms with E-state index < -0.39 is 0 Å². The summed E-state index contributed by atoms with van der Waals surface area (Å²) in [5.41, 5.74) is 4.86. The van der Waals surface area contributed by atoms with Gasteiger partial charge in [-0.3, -0.25) is 9.78 Å². The van der Waals surface area contributed by atoms with Gasteiger partial charge in [-0.15, -0.1) is 0 Å². The molecule has 1 aromatic heterocycles. The first-order valence-electron chi connectivity index (χ1n) is 9.25. The van der Waals surface area contributed by atoms with Crippen LogP contribution < -0.4 is 5.32 Å². The van der Waals surface area contributed by atoms with E-state index in [0.29, 0.717) is 17.1 Å². The number of hydrogen-bond acceptors (Lipinski definition) is 2. The number of nitrogens with one attached hydrogen (secondary N) is 1. The number of benzene rings is 2. The average Bonchev–Trinajstić information content (AvgIpc) is 2.69. The smallest absolute Gasteiger partial charge is 0.251 e. The van der Waals surface area contributed by atoms with Crippen molar-refractivity contribution >= 4 is 40.0 Å². The fourth-order valence-electron chi connectivity index (χ4n) is 3.58. The maximum absolute atomic E-state index is 12.5. The largest absolute Gasteiger partial charge is 0.352 e. The molecule has 1 heterocycles. The molecule has 0 bridgehead atoms. The third kappa shape index (κ3) is 3.95. The Bertz CT molecular complexity index is 999. The summed E-state index contributed by atoms with van der Waals surface area (Å²) in [6, 6.07) is 13.2. The molecule has 0 atom stereocenters. The third-order valence-electron chi connectivity index (χ3n) is 5.07. The van der Waals surface area contributed by atoms with Crippen molar-refractivity contribution in [2.24, 2.45) is 0 Å². The van der Waals surface area contributed by atoms with Gasteiger partial charge in [0.05, 0.1) is 10.5 Å². The van der Waals surface area contributed by atoms with E-state index in [1.54, 1.807) is 0 Å².